The van der Waals surface area contributed by atoms with E-state index in [4.69, 9.17) is 14.6 Å². The van der Waals surface area contributed by atoms with Crippen LogP contribution in [0, 0.1) is 0 Å². The van der Waals surface area contributed by atoms with E-state index in [0.29, 0.717) is 17.2 Å². The van der Waals surface area contributed by atoms with E-state index in [9.17, 15) is 4.79 Å². The Morgan fingerprint density at radius 3 is 2.73 bits per heavy atom. The highest BCUT2D eigenvalue weighted by atomic mass is 16.5. The minimum Gasteiger partial charge on any atom is -0.496 e. The summed E-state index contributed by atoms with van der Waals surface area (Å²) in [6.07, 6.45) is 3.91. The second-order valence-electron chi connectivity index (χ2n) is 2.64. The molecule has 1 aromatic heterocycles. The van der Waals surface area contributed by atoms with E-state index in [1.54, 1.807) is 6.07 Å². The minimum atomic E-state index is -1.02. The van der Waals surface area contributed by atoms with Crippen molar-refractivity contribution in [2.45, 2.75) is 0 Å². The van der Waals surface area contributed by atoms with Crippen LogP contribution in [0.3, 0.4) is 0 Å². The van der Waals surface area contributed by atoms with Crippen molar-refractivity contribution in [3.8, 4) is 11.6 Å². The van der Waals surface area contributed by atoms with E-state index >= 15 is 0 Å². The van der Waals surface area contributed by atoms with Gasteiger partial charge in [0.2, 0.25) is 5.88 Å². The molecule has 5 heteroatoms. The molecule has 5 nitrogen and oxygen atoms in total. The minimum absolute atomic E-state index is 0.416. The maximum atomic E-state index is 10.3. The van der Waals surface area contributed by atoms with Gasteiger partial charge in [0, 0.05) is 23.9 Å². The van der Waals surface area contributed by atoms with Gasteiger partial charge in [-0.05, 0) is 6.08 Å². The molecule has 0 aliphatic heterocycles. The van der Waals surface area contributed by atoms with Crippen molar-refractivity contribution in [3.05, 3.63) is 23.9 Å². The van der Waals surface area contributed by atoms with Gasteiger partial charge in [-0.3, -0.25) is 0 Å². The molecule has 0 fully saturated rings. The van der Waals surface area contributed by atoms with Crippen LogP contribution in [0.4, 0.5) is 0 Å². The van der Waals surface area contributed by atoms with Crippen LogP contribution in [0.5, 0.6) is 11.6 Å². The number of aliphatic carboxylic acids is 1. The van der Waals surface area contributed by atoms with Gasteiger partial charge in [-0.25, -0.2) is 9.78 Å². The molecule has 80 valence electrons. The molecule has 0 unspecified atom stereocenters. The van der Waals surface area contributed by atoms with Crippen LogP contribution in [0.25, 0.3) is 6.08 Å². The van der Waals surface area contributed by atoms with Crippen LogP contribution in [-0.4, -0.2) is 30.3 Å². The highest BCUT2D eigenvalue weighted by molar-refractivity contribution is 5.85. The normalized spacial score (nSPS) is 10.3. The number of rotatable bonds is 4. The summed E-state index contributed by atoms with van der Waals surface area (Å²) in [6, 6.07) is 1.58. The molecule has 15 heavy (non-hydrogen) atoms. The summed E-state index contributed by atoms with van der Waals surface area (Å²) < 4.78 is 9.96. The fraction of sp³-hybridized carbons (Fsp3) is 0.200. The summed E-state index contributed by atoms with van der Waals surface area (Å²) in [5.41, 5.74) is 0.584. The first kappa shape index (κ1) is 11.0. The molecule has 0 aliphatic rings. The first-order valence-corrected chi connectivity index (χ1v) is 4.16. The van der Waals surface area contributed by atoms with E-state index in [2.05, 4.69) is 4.98 Å². The molecule has 0 atom stereocenters. The third kappa shape index (κ3) is 2.98. The Morgan fingerprint density at radius 2 is 2.20 bits per heavy atom. The Hall–Kier alpha value is -2.04. The lowest BCUT2D eigenvalue weighted by atomic mass is 10.2. The summed E-state index contributed by atoms with van der Waals surface area (Å²) in [4.78, 5) is 14.3. The van der Waals surface area contributed by atoms with Crippen molar-refractivity contribution < 1.29 is 19.4 Å². The summed E-state index contributed by atoms with van der Waals surface area (Å²) in [7, 11) is 2.99. The Kier molecular flexibility index (Phi) is 3.68. The Labute approximate surface area is 87.0 Å². The summed E-state index contributed by atoms with van der Waals surface area (Å²) >= 11 is 0. The molecule has 0 aliphatic carbocycles. The van der Waals surface area contributed by atoms with Gasteiger partial charge in [0.05, 0.1) is 14.2 Å². The maximum absolute atomic E-state index is 10.3. The van der Waals surface area contributed by atoms with Gasteiger partial charge in [0.1, 0.15) is 5.75 Å². The van der Waals surface area contributed by atoms with Crippen molar-refractivity contribution >= 4 is 12.0 Å². The third-order valence-electron chi connectivity index (χ3n) is 1.70. The average molecular weight is 209 g/mol. The number of hydrogen-bond donors (Lipinski definition) is 1. The smallest absolute Gasteiger partial charge is 0.328 e. The molecular formula is C10H11NO4. The molecule has 0 bridgehead atoms. The highest BCUT2D eigenvalue weighted by Crippen LogP contribution is 2.22. The number of carboxylic acid groups (broad SMARTS) is 1. The van der Waals surface area contributed by atoms with Crippen molar-refractivity contribution in [1.29, 1.82) is 0 Å². The molecule has 0 saturated carbocycles. The Balaban J connectivity index is 3.02. The molecule has 0 radical (unpaired) electrons. The molecule has 0 saturated heterocycles. The summed E-state index contributed by atoms with van der Waals surface area (Å²) in [6.45, 7) is 0. The molecule has 1 N–H and O–H groups in total. The number of carbonyl (C=O) groups is 1. The number of carboxylic acids is 1. The van der Waals surface area contributed by atoms with E-state index in [-0.39, 0.29) is 0 Å². The Bertz CT molecular complexity index is 387. The topological polar surface area (TPSA) is 68.7 Å². The van der Waals surface area contributed by atoms with Gasteiger partial charge in [-0.15, -0.1) is 0 Å². The van der Waals surface area contributed by atoms with Gasteiger partial charge >= 0.3 is 5.97 Å². The van der Waals surface area contributed by atoms with Gasteiger partial charge in [-0.2, -0.15) is 0 Å². The lowest BCUT2D eigenvalue weighted by Gasteiger charge is -2.05. The predicted octanol–water partition coefficient (Wildman–Crippen LogP) is 1.20. The first-order valence-electron chi connectivity index (χ1n) is 4.16. The van der Waals surface area contributed by atoms with Gasteiger partial charge < -0.3 is 14.6 Å². The van der Waals surface area contributed by atoms with E-state index in [1.165, 1.54) is 26.5 Å². The molecular weight excluding hydrogens is 198 g/mol. The zero-order valence-corrected chi connectivity index (χ0v) is 8.43. The van der Waals surface area contributed by atoms with Crippen LogP contribution >= 0.6 is 0 Å². The average Bonchev–Trinajstić information content (AvgIpc) is 2.25. The summed E-state index contributed by atoms with van der Waals surface area (Å²) in [5, 5.41) is 8.47. The molecule has 0 spiro atoms. The summed E-state index contributed by atoms with van der Waals surface area (Å²) in [5.74, 6) is -0.0912. The van der Waals surface area contributed by atoms with Crippen molar-refractivity contribution in [2.24, 2.45) is 0 Å². The fourth-order valence-corrected chi connectivity index (χ4v) is 1.00. The van der Waals surface area contributed by atoms with Gasteiger partial charge in [-0.1, -0.05) is 0 Å². The standard InChI is InChI=1S/C10H11NO4/c1-14-8-5-9(15-2)11-6-7(8)3-4-10(12)13/h3-6H,1-2H3,(H,12,13)/b4-3+. The van der Waals surface area contributed by atoms with E-state index in [1.807, 2.05) is 0 Å². The van der Waals surface area contributed by atoms with Gasteiger partial charge in [0.25, 0.3) is 0 Å². The fourth-order valence-electron chi connectivity index (χ4n) is 1.00. The quantitative estimate of drug-likeness (QED) is 0.754. The lowest BCUT2D eigenvalue weighted by Crippen LogP contribution is -1.93. The predicted molar refractivity (Wildman–Crippen MR) is 54.0 cm³/mol. The van der Waals surface area contributed by atoms with Crippen molar-refractivity contribution in [3.63, 3.8) is 0 Å². The van der Waals surface area contributed by atoms with Crippen LogP contribution in [0.15, 0.2) is 18.3 Å². The monoisotopic (exact) mass is 209 g/mol. The number of hydrogen-bond acceptors (Lipinski definition) is 4. The van der Waals surface area contributed by atoms with Crippen molar-refractivity contribution in [1.82, 2.24) is 4.98 Å². The van der Waals surface area contributed by atoms with Crippen LogP contribution < -0.4 is 9.47 Å². The zero-order chi connectivity index (χ0) is 11.3. The maximum Gasteiger partial charge on any atom is 0.328 e. The number of nitrogens with zero attached hydrogens (tertiary/aromatic N) is 1. The van der Waals surface area contributed by atoms with E-state index in [0.717, 1.165) is 6.08 Å². The molecule has 1 rings (SSSR count). The first-order chi connectivity index (χ1) is 7.17. The van der Waals surface area contributed by atoms with Crippen LogP contribution in [0.1, 0.15) is 5.56 Å². The van der Waals surface area contributed by atoms with Gasteiger partial charge in [0.15, 0.2) is 0 Å². The number of aromatic nitrogens is 1. The SMILES string of the molecule is COc1cc(OC)c(/C=C/C(=O)O)cn1. The van der Waals surface area contributed by atoms with Crippen LogP contribution in [0.2, 0.25) is 0 Å². The second-order valence-corrected chi connectivity index (χ2v) is 2.64. The van der Waals surface area contributed by atoms with E-state index < -0.39 is 5.97 Å². The zero-order valence-electron chi connectivity index (χ0n) is 8.43. The third-order valence-corrected chi connectivity index (χ3v) is 1.70. The Morgan fingerprint density at radius 1 is 1.47 bits per heavy atom. The number of ether oxygens (including phenoxy) is 2. The molecule has 0 aromatic carbocycles. The van der Waals surface area contributed by atoms with Crippen molar-refractivity contribution in [2.75, 3.05) is 14.2 Å². The van der Waals surface area contributed by atoms with Crippen LogP contribution in [-0.2, 0) is 4.79 Å². The highest BCUT2D eigenvalue weighted by Gasteiger charge is 2.03. The molecule has 1 heterocycles. The number of methoxy groups -OCH3 is 2. The second kappa shape index (κ2) is 4.99. The molecule has 0 amide bonds. The number of pyridine rings is 1. The lowest BCUT2D eigenvalue weighted by molar-refractivity contribution is -0.131. The largest absolute Gasteiger partial charge is 0.496 e. The molecule has 1 aromatic rings.